The van der Waals surface area contributed by atoms with Crippen LogP contribution in [0.3, 0.4) is 0 Å². The van der Waals surface area contributed by atoms with Crippen LogP contribution in [0.15, 0.2) is 30.6 Å². The van der Waals surface area contributed by atoms with Crippen LogP contribution in [0.25, 0.3) is 0 Å². The van der Waals surface area contributed by atoms with Gasteiger partial charge in [0.15, 0.2) is 5.69 Å². The summed E-state index contributed by atoms with van der Waals surface area (Å²) in [5, 5.41) is 5.65. The summed E-state index contributed by atoms with van der Waals surface area (Å²) in [4.78, 5) is 45.0. The molecule has 2 N–H and O–H groups in total. The molecular formula is C22H26FN5O3. The average Bonchev–Trinajstić information content (AvgIpc) is 3.44. The third-order valence-electron chi connectivity index (χ3n) is 5.67. The molecule has 9 heteroatoms. The smallest absolute Gasteiger partial charge is 0.274 e. The fourth-order valence-corrected chi connectivity index (χ4v) is 4.03. The van der Waals surface area contributed by atoms with Crippen LogP contribution < -0.4 is 10.6 Å². The lowest BCUT2D eigenvalue weighted by Gasteiger charge is -2.44. The van der Waals surface area contributed by atoms with Crippen molar-refractivity contribution in [1.82, 2.24) is 25.1 Å². The Bertz CT molecular complexity index is 1030. The largest absolute Gasteiger partial charge is 0.350 e. The summed E-state index contributed by atoms with van der Waals surface area (Å²) in [6, 6.07) is 5.76. The number of fused-ring (bicyclic) bond motifs is 1. The predicted octanol–water partition coefficient (Wildman–Crippen LogP) is 1.85. The van der Waals surface area contributed by atoms with Crippen LogP contribution in [-0.2, 0) is 17.9 Å². The maximum Gasteiger partial charge on any atom is 0.274 e. The molecule has 0 bridgehead atoms. The quantitative estimate of drug-likeness (QED) is 0.736. The summed E-state index contributed by atoms with van der Waals surface area (Å²) in [6.07, 6.45) is 3.07. The second kappa shape index (κ2) is 7.79. The van der Waals surface area contributed by atoms with Crippen LogP contribution >= 0.6 is 0 Å². The summed E-state index contributed by atoms with van der Waals surface area (Å²) in [5.41, 5.74) is -0.0704. The first-order valence-corrected chi connectivity index (χ1v) is 10.4. The molecule has 2 aromatic rings. The van der Waals surface area contributed by atoms with Crippen LogP contribution in [0.1, 0.15) is 60.2 Å². The van der Waals surface area contributed by atoms with E-state index in [0.29, 0.717) is 0 Å². The van der Waals surface area contributed by atoms with Crippen molar-refractivity contribution in [3.63, 3.8) is 0 Å². The highest BCUT2D eigenvalue weighted by atomic mass is 19.1. The van der Waals surface area contributed by atoms with Crippen molar-refractivity contribution in [3.05, 3.63) is 53.4 Å². The lowest BCUT2D eigenvalue weighted by Crippen LogP contribution is -2.64. The molecule has 0 radical (unpaired) electrons. The Labute approximate surface area is 179 Å². The van der Waals surface area contributed by atoms with Crippen LogP contribution in [0.2, 0.25) is 0 Å². The third kappa shape index (κ3) is 3.92. The highest BCUT2D eigenvalue weighted by Gasteiger charge is 2.53. The van der Waals surface area contributed by atoms with Crippen LogP contribution in [0, 0.1) is 5.82 Å². The van der Waals surface area contributed by atoms with E-state index in [1.165, 1.54) is 18.5 Å². The number of carbonyl (C=O) groups excluding carboxylic acids is 3. The van der Waals surface area contributed by atoms with Gasteiger partial charge in [-0.2, -0.15) is 0 Å². The highest BCUT2D eigenvalue weighted by Crippen LogP contribution is 2.38. The van der Waals surface area contributed by atoms with Gasteiger partial charge in [0.05, 0.1) is 12.9 Å². The van der Waals surface area contributed by atoms with E-state index >= 15 is 0 Å². The van der Waals surface area contributed by atoms with Crippen molar-refractivity contribution in [1.29, 1.82) is 0 Å². The molecule has 0 spiro atoms. The standard InChI is InChI=1S/C22H26FN5O3/c1-13(2)26-19(29)17-18-20(30)28(16-8-9-16)22(3,11-27(18)12-25-17)21(31)24-10-14-4-6-15(23)7-5-14/h4-7,12-13,16H,8-11H2,1-3H3,(H,24,31)(H,26,29). The summed E-state index contributed by atoms with van der Waals surface area (Å²) in [5.74, 6) is -1.41. The second-order valence-electron chi connectivity index (χ2n) is 8.69. The Kier molecular flexibility index (Phi) is 5.28. The van der Waals surface area contributed by atoms with Crippen molar-refractivity contribution in [2.45, 2.75) is 64.3 Å². The minimum Gasteiger partial charge on any atom is -0.350 e. The Morgan fingerprint density at radius 2 is 1.94 bits per heavy atom. The average molecular weight is 427 g/mol. The SMILES string of the molecule is CC(C)NC(=O)c1ncn2c1C(=O)N(C1CC1)C(C)(C(=O)NCc1ccc(F)cc1)C2. The lowest BCUT2D eigenvalue weighted by atomic mass is 9.93. The molecular weight excluding hydrogens is 401 g/mol. The molecule has 2 heterocycles. The predicted molar refractivity (Wildman–Crippen MR) is 111 cm³/mol. The first-order chi connectivity index (χ1) is 14.7. The maximum atomic E-state index is 13.5. The lowest BCUT2D eigenvalue weighted by molar-refractivity contribution is -0.133. The first-order valence-electron chi connectivity index (χ1n) is 10.4. The first kappa shape index (κ1) is 21.0. The molecule has 1 unspecified atom stereocenters. The monoisotopic (exact) mass is 427 g/mol. The molecule has 4 rings (SSSR count). The molecule has 1 saturated carbocycles. The van der Waals surface area contributed by atoms with E-state index in [2.05, 4.69) is 15.6 Å². The second-order valence-corrected chi connectivity index (χ2v) is 8.69. The molecule has 1 aliphatic heterocycles. The van der Waals surface area contributed by atoms with E-state index in [-0.39, 0.29) is 54.2 Å². The van der Waals surface area contributed by atoms with Crippen LogP contribution in [0.5, 0.6) is 0 Å². The van der Waals surface area contributed by atoms with Gasteiger partial charge in [-0.25, -0.2) is 9.37 Å². The van der Waals surface area contributed by atoms with E-state index in [4.69, 9.17) is 0 Å². The zero-order chi connectivity index (χ0) is 22.3. The van der Waals surface area contributed by atoms with E-state index < -0.39 is 11.4 Å². The molecule has 2 aliphatic rings. The number of imidazole rings is 1. The molecule has 164 valence electrons. The Hall–Kier alpha value is -3.23. The molecule has 3 amide bonds. The number of nitrogens with one attached hydrogen (secondary N) is 2. The van der Waals surface area contributed by atoms with Gasteiger partial charge in [0, 0.05) is 18.6 Å². The van der Waals surface area contributed by atoms with E-state index in [1.54, 1.807) is 28.5 Å². The Balaban J connectivity index is 1.60. The normalized spacial score (nSPS) is 20.5. The number of hydrogen-bond acceptors (Lipinski definition) is 4. The highest BCUT2D eigenvalue weighted by molar-refractivity contribution is 6.07. The zero-order valence-corrected chi connectivity index (χ0v) is 17.8. The number of hydrogen-bond donors (Lipinski definition) is 2. The molecule has 1 aliphatic carbocycles. The zero-order valence-electron chi connectivity index (χ0n) is 17.8. The van der Waals surface area contributed by atoms with Crippen molar-refractivity contribution < 1.29 is 18.8 Å². The Morgan fingerprint density at radius 3 is 2.55 bits per heavy atom. The number of aromatic nitrogens is 2. The van der Waals surface area contributed by atoms with E-state index in [9.17, 15) is 18.8 Å². The number of nitrogens with zero attached hydrogens (tertiary/aromatic N) is 3. The molecule has 1 aromatic carbocycles. The van der Waals surface area contributed by atoms with Gasteiger partial charge in [0.2, 0.25) is 5.91 Å². The van der Waals surface area contributed by atoms with Crippen LogP contribution in [0.4, 0.5) is 4.39 Å². The van der Waals surface area contributed by atoms with Gasteiger partial charge in [-0.3, -0.25) is 14.4 Å². The van der Waals surface area contributed by atoms with Gasteiger partial charge in [0.1, 0.15) is 17.1 Å². The number of halogens is 1. The summed E-state index contributed by atoms with van der Waals surface area (Å²) >= 11 is 0. The van der Waals surface area contributed by atoms with Gasteiger partial charge in [-0.15, -0.1) is 0 Å². The van der Waals surface area contributed by atoms with Crippen molar-refractivity contribution >= 4 is 17.7 Å². The minimum atomic E-state index is -1.13. The topological polar surface area (TPSA) is 96.3 Å². The van der Waals surface area contributed by atoms with Gasteiger partial charge in [-0.1, -0.05) is 12.1 Å². The summed E-state index contributed by atoms with van der Waals surface area (Å²) < 4.78 is 14.7. The van der Waals surface area contributed by atoms with Crippen molar-refractivity contribution in [3.8, 4) is 0 Å². The third-order valence-corrected chi connectivity index (χ3v) is 5.67. The van der Waals surface area contributed by atoms with Gasteiger partial charge >= 0.3 is 0 Å². The van der Waals surface area contributed by atoms with Gasteiger partial charge < -0.3 is 20.1 Å². The molecule has 0 saturated heterocycles. The Morgan fingerprint density at radius 1 is 1.26 bits per heavy atom. The molecule has 31 heavy (non-hydrogen) atoms. The molecule has 8 nitrogen and oxygen atoms in total. The number of benzene rings is 1. The molecule has 1 fully saturated rings. The minimum absolute atomic E-state index is 0.0428. The number of carbonyl (C=O) groups is 3. The number of amides is 3. The van der Waals surface area contributed by atoms with E-state index in [0.717, 1.165) is 18.4 Å². The maximum absolute atomic E-state index is 13.5. The van der Waals surface area contributed by atoms with Crippen LogP contribution in [-0.4, -0.2) is 49.8 Å². The summed E-state index contributed by atoms with van der Waals surface area (Å²) in [7, 11) is 0. The molecule has 1 atom stereocenters. The van der Waals surface area contributed by atoms with E-state index in [1.807, 2.05) is 13.8 Å². The van der Waals surface area contributed by atoms with Crippen molar-refractivity contribution in [2.24, 2.45) is 0 Å². The van der Waals surface area contributed by atoms with Crippen molar-refractivity contribution in [2.75, 3.05) is 0 Å². The fourth-order valence-electron chi connectivity index (χ4n) is 4.03. The molecule has 1 aromatic heterocycles. The van der Waals surface area contributed by atoms with Gasteiger partial charge in [0.25, 0.3) is 11.8 Å². The summed E-state index contributed by atoms with van der Waals surface area (Å²) in [6.45, 7) is 5.82. The number of rotatable bonds is 6. The fraction of sp³-hybridized carbons (Fsp3) is 0.455. The van der Waals surface area contributed by atoms with Gasteiger partial charge in [-0.05, 0) is 51.3 Å².